The van der Waals surface area contributed by atoms with Crippen LogP contribution < -0.4 is 14.4 Å². The predicted octanol–water partition coefficient (Wildman–Crippen LogP) is 1.03. The molecule has 2 aromatic carbocycles. The molecule has 1 heterocycles. The van der Waals surface area contributed by atoms with Gasteiger partial charge >= 0.3 is 0 Å². The summed E-state index contributed by atoms with van der Waals surface area (Å²) < 4.78 is 62.6. The van der Waals surface area contributed by atoms with Crippen molar-refractivity contribution >= 4 is 43.0 Å². The van der Waals surface area contributed by atoms with Crippen LogP contribution in [0, 0.1) is 10.1 Å². The first-order valence-electron chi connectivity index (χ1n) is 10.2. The first kappa shape index (κ1) is 26.3. The van der Waals surface area contributed by atoms with Gasteiger partial charge in [0.25, 0.3) is 5.69 Å². The number of carbonyl (C=O) groups is 1. The predicted molar refractivity (Wildman–Crippen MR) is 126 cm³/mol. The van der Waals surface area contributed by atoms with Crippen molar-refractivity contribution in [3.8, 4) is 5.75 Å². The maximum absolute atomic E-state index is 12.7. The topological polar surface area (TPSA) is 165 Å². The van der Waals surface area contributed by atoms with E-state index in [1.807, 2.05) is 0 Å². The zero-order valence-electron chi connectivity index (χ0n) is 18.9. The quantitative estimate of drug-likeness (QED) is 0.369. The molecule has 1 N–H and O–H groups in total. The molecule has 15 heteroatoms. The number of methoxy groups -OCH3 is 1. The molecule has 190 valence electrons. The Hall–Kier alpha value is -3.27. The molecule has 0 radical (unpaired) electrons. The standard InChI is InChI=1S/C20H24N4O9S2/c1-32-19-8-5-16(24(26)27)13-18(19)23(34(2,28)29)14-20(25)21-15-3-6-17(7-4-15)35(30,31)22-9-11-33-12-10-22/h3-8,13H,9-12,14H2,1-2H3,(H,21,25). The van der Waals surface area contributed by atoms with Gasteiger partial charge in [-0.3, -0.25) is 19.2 Å². The molecule has 1 aliphatic rings. The van der Waals surface area contributed by atoms with Gasteiger partial charge in [-0.1, -0.05) is 0 Å². The van der Waals surface area contributed by atoms with Gasteiger partial charge in [0.2, 0.25) is 26.0 Å². The minimum absolute atomic E-state index is 0.0199. The van der Waals surface area contributed by atoms with Crippen LogP contribution in [0.1, 0.15) is 0 Å². The molecule has 1 saturated heterocycles. The van der Waals surface area contributed by atoms with E-state index in [9.17, 15) is 31.7 Å². The molecule has 13 nitrogen and oxygen atoms in total. The summed E-state index contributed by atoms with van der Waals surface area (Å²) in [6, 6.07) is 8.80. The van der Waals surface area contributed by atoms with E-state index in [0.717, 1.165) is 18.4 Å². The van der Waals surface area contributed by atoms with Crippen LogP contribution in [-0.4, -0.2) is 78.2 Å². The number of morpholine rings is 1. The van der Waals surface area contributed by atoms with E-state index in [1.54, 1.807) is 0 Å². The average molecular weight is 529 g/mol. The number of hydrogen-bond acceptors (Lipinski definition) is 9. The number of hydrogen-bond donors (Lipinski definition) is 1. The Balaban J connectivity index is 1.79. The van der Waals surface area contributed by atoms with Crippen LogP contribution in [0.3, 0.4) is 0 Å². The molecule has 0 aliphatic carbocycles. The molecule has 0 atom stereocenters. The zero-order valence-corrected chi connectivity index (χ0v) is 20.5. The van der Waals surface area contributed by atoms with Gasteiger partial charge in [0, 0.05) is 30.9 Å². The Morgan fingerprint density at radius 3 is 2.31 bits per heavy atom. The monoisotopic (exact) mass is 528 g/mol. The Morgan fingerprint density at radius 2 is 1.77 bits per heavy atom. The van der Waals surface area contributed by atoms with Crippen molar-refractivity contribution < 1.29 is 36.0 Å². The van der Waals surface area contributed by atoms with Crippen molar-refractivity contribution in [2.24, 2.45) is 0 Å². The first-order valence-corrected chi connectivity index (χ1v) is 13.5. The summed E-state index contributed by atoms with van der Waals surface area (Å²) in [4.78, 5) is 23.2. The van der Waals surface area contributed by atoms with E-state index in [1.165, 1.54) is 41.7 Å². The first-order chi connectivity index (χ1) is 16.4. The van der Waals surface area contributed by atoms with Crippen LogP contribution in [0.5, 0.6) is 5.75 Å². The lowest BCUT2D eigenvalue weighted by Gasteiger charge is -2.26. The molecule has 0 bridgehead atoms. The fourth-order valence-electron chi connectivity index (χ4n) is 3.35. The van der Waals surface area contributed by atoms with Gasteiger partial charge in [-0.05, 0) is 30.3 Å². The van der Waals surface area contributed by atoms with Crippen LogP contribution in [-0.2, 0) is 29.6 Å². The van der Waals surface area contributed by atoms with Gasteiger partial charge in [-0.2, -0.15) is 4.31 Å². The molecule has 35 heavy (non-hydrogen) atoms. The Morgan fingerprint density at radius 1 is 1.14 bits per heavy atom. The van der Waals surface area contributed by atoms with Crippen molar-refractivity contribution in [1.29, 1.82) is 0 Å². The van der Waals surface area contributed by atoms with Crippen molar-refractivity contribution in [3.05, 3.63) is 52.6 Å². The number of nitrogens with one attached hydrogen (secondary N) is 1. The molecule has 1 aliphatic heterocycles. The van der Waals surface area contributed by atoms with Crippen LogP contribution >= 0.6 is 0 Å². The maximum atomic E-state index is 12.7. The Kier molecular flexibility index (Phi) is 7.94. The summed E-state index contributed by atoms with van der Waals surface area (Å²) in [6.45, 7) is 0.385. The molecule has 1 amide bonds. The van der Waals surface area contributed by atoms with E-state index in [-0.39, 0.29) is 40.8 Å². The number of ether oxygens (including phenoxy) is 2. The fraction of sp³-hybridized carbons (Fsp3) is 0.350. The largest absolute Gasteiger partial charge is 0.495 e. The minimum Gasteiger partial charge on any atom is -0.495 e. The molecular formula is C20H24N4O9S2. The number of rotatable bonds is 9. The molecule has 1 fully saturated rings. The third-order valence-electron chi connectivity index (χ3n) is 5.08. The number of carbonyl (C=O) groups excluding carboxylic acids is 1. The van der Waals surface area contributed by atoms with E-state index < -0.39 is 37.4 Å². The van der Waals surface area contributed by atoms with Gasteiger partial charge in [-0.15, -0.1) is 0 Å². The van der Waals surface area contributed by atoms with Gasteiger partial charge in [0.05, 0.1) is 36.4 Å². The van der Waals surface area contributed by atoms with Crippen LogP contribution in [0.4, 0.5) is 17.1 Å². The summed E-state index contributed by atoms with van der Waals surface area (Å²) in [5.74, 6) is -0.737. The lowest BCUT2D eigenvalue weighted by molar-refractivity contribution is -0.384. The van der Waals surface area contributed by atoms with Crippen LogP contribution in [0.15, 0.2) is 47.4 Å². The molecule has 0 aromatic heterocycles. The van der Waals surface area contributed by atoms with Crippen LogP contribution in [0.25, 0.3) is 0 Å². The van der Waals surface area contributed by atoms with E-state index >= 15 is 0 Å². The van der Waals surface area contributed by atoms with Gasteiger partial charge in [0.1, 0.15) is 18.0 Å². The van der Waals surface area contributed by atoms with Crippen molar-refractivity contribution in [1.82, 2.24) is 4.31 Å². The lowest BCUT2D eigenvalue weighted by atomic mass is 10.2. The van der Waals surface area contributed by atoms with E-state index in [0.29, 0.717) is 17.5 Å². The second kappa shape index (κ2) is 10.6. The number of sulfonamides is 2. The highest BCUT2D eigenvalue weighted by atomic mass is 32.2. The highest BCUT2D eigenvalue weighted by Crippen LogP contribution is 2.33. The second-order valence-corrected chi connectivity index (χ2v) is 11.3. The highest BCUT2D eigenvalue weighted by molar-refractivity contribution is 7.92. The molecule has 2 aromatic rings. The smallest absolute Gasteiger partial charge is 0.271 e. The summed E-state index contributed by atoms with van der Waals surface area (Å²) in [6.07, 6.45) is 0.851. The normalized spacial score (nSPS) is 14.8. The van der Waals surface area contributed by atoms with Crippen molar-refractivity contribution in [2.75, 3.05) is 55.8 Å². The number of non-ortho nitro benzene ring substituents is 1. The number of nitrogens with zero attached hydrogens (tertiary/aromatic N) is 3. The minimum atomic E-state index is -4.04. The third kappa shape index (κ3) is 6.25. The fourth-order valence-corrected chi connectivity index (χ4v) is 5.60. The highest BCUT2D eigenvalue weighted by Gasteiger charge is 2.28. The summed E-state index contributed by atoms with van der Waals surface area (Å²) in [5.41, 5.74) is -0.325. The molecule has 0 spiro atoms. The third-order valence-corrected chi connectivity index (χ3v) is 8.11. The number of benzene rings is 2. The van der Waals surface area contributed by atoms with Gasteiger partial charge in [0.15, 0.2) is 0 Å². The summed E-state index contributed by atoms with van der Waals surface area (Å²) in [5, 5.41) is 13.7. The van der Waals surface area contributed by atoms with Crippen LogP contribution in [0.2, 0.25) is 0 Å². The van der Waals surface area contributed by atoms with Gasteiger partial charge in [-0.25, -0.2) is 16.8 Å². The molecule has 0 saturated carbocycles. The zero-order chi connectivity index (χ0) is 25.8. The summed E-state index contributed by atoms with van der Waals surface area (Å²) >= 11 is 0. The van der Waals surface area contributed by atoms with E-state index in [4.69, 9.17) is 9.47 Å². The number of nitro groups is 1. The number of amides is 1. The molecule has 3 rings (SSSR count). The molecule has 0 unspecified atom stereocenters. The van der Waals surface area contributed by atoms with Crippen molar-refractivity contribution in [3.63, 3.8) is 0 Å². The maximum Gasteiger partial charge on any atom is 0.271 e. The lowest BCUT2D eigenvalue weighted by Crippen LogP contribution is -2.40. The summed E-state index contributed by atoms with van der Waals surface area (Å²) in [7, 11) is -6.50. The number of nitro benzene ring substituents is 1. The average Bonchev–Trinajstić information content (AvgIpc) is 2.82. The van der Waals surface area contributed by atoms with Crippen molar-refractivity contribution in [2.45, 2.75) is 4.90 Å². The SMILES string of the molecule is COc1ccc([N+](=O)[O-])cc1N(CC(=O)Nc1ccc(S(=O)(=O)N2CCOCC2)cc1)S(C)(=O)=O. The Bertz CT molecular complexity index is 1310. The van der Waals surface area contributed by atoms with Gasteiger partial charge < -0.3 is 14.8 Å². The van der Waals surface area contributed by atoms with E-state index in [2.05, 4.69) is 5.32 Å². The molecular weight excluding hydrogens is 504 g/mol. The number of anilines is 2. The second-order valence-electron chi connectivity index (χ2n) is 7.47. The Labute approximate surface area is 202 Å².